The highest BCUT2D eigenvalue weighted by molar-refractivity contribution is 5.85. The average molecular weight is 175 g/mol. The smallest absolute Gasteiger partial charge is 0.227 e. The zero-order valence-electron chi connectivity index (χ0n) is 7.71. The van der Waals surface area contributed by atoms with Gasteiger partial charge in [-0.3, -0.25) is 4.79 Å². The van der Waals surface area contributed by atoms with Gasteiger partial charge in [-0.05, 0) is 24.5 Å². The first-order valence-electron chi connectivity index (χ1n) is 4.62. The monoisotopic (exact) mass is 175 g/mol. The van der Waals surface area contributed by atoms with Crippen molar-refractivity contribution in [3.63, 3.8) is 0 Å². The quantitative estimate of drug-likeness (QED) is 0.690. The lowest BCUT2D eigenvalue weighted by Crippen LogP contribution is -2.18. The molecule has 1 unspecified atom stereocenters. The topological polar surface area (TPSA) is 29.1 Å². The highest BCUT2D eigenvalue weighted by Gasteiger charge is 2.26. The van der Waals surface area contributed by atoms with Crippen molar-refractivity contribution in [1.82, 2.24) is 5.32 Å². The number of rotatable bonds is 1. The number of hydrogen-bond donors (Lipinski definition) is 1. The summed E-state index contributed by atoms with van der Waals surface area (Å²) in [4.78, 5) is 11.4. The maximum Gasteiger partial charge on any atom is 0.227 e. The number of hydrogen-bond acceptors (Lipinski definition) is 1. The van der Waals surface area contributed by atoms with Crippen LogP contribution < -0.4 is 5.32 Å². The van der Waals surface area contributed by atoms with Crippen molar-refractivity contribution in [2.45, 2.75) is 19.3 Å². The van der Waals surface area contributed by atoms with E-state index in [0.29, 0.717) is 0 Å². The van der Waals surface area contributed by atoms with E-state index in [-0.39, 0.29) is 11.8 Å². The second-order valence-electron chi connectivity index (χ2n) is 3.49. The lowest BCUT2D eigenvalue weighted by atomic mass is 9.94. The summed E-state index contributed by atoms with van der Waals surface area (Å²) >= 11 is 0. The third kappa shape index (κ3) is 1.44. The molecule has 1 saturated heterocycles. The van der Waals surface area contributed by atoms with Crippen LogP contribution in [-0.2, 0) is 4.79 Å². The molecule has 1 aliphatic rings. The Kier molecular flexibility index (Phi) is 2.05. The van der Waals surface area contributed by atoms with Gasteiger partial charge in [-0.25, -0.2) is 0 Å². The zero-order chi connectivity index (χ0) is 9.26. The summed E-state index contributed by atoms with van der Waals surface area (Å²) in [6.45, 7) is 2.87. The largest absolute Gasteiger partial charge is 0.356 e. The minimum Gasteiger partial charge on any atom is -0.356 e. The van der Waals surface area contributed by atoms with Crippen molar-refractivity contribution in [2.24, 2.45) is 0 Å². The molecule has 0 aliphatic carbocycles. The number of amides is 1. The number of benzene rings is 1. The molecular weight excluding hydrogens is 162 g/mol. The first-order valence-corrected chi connectivity index (χ1v) is 4.62. The molecule has 13 heavy (non-hydrogen) atoms. The highest BCUT2D eigenvalue weighted by Crippen LogP contribution is 2.25. The Morgan fingerprint density at radius 1 is 1.38 bits per heavy atom. The van der Waals surface area contributed by atoms with Crippen LogP contribution in [0.2, 0.25) is 0 Å². The maximum atomic E-state index is 11.4. The first-order chi connectivity index (χ1) is 6.29. The molecular formula is C11H13NO. The van der Waals surface area contributed by atoms with Crippen LogP contribution in [0.15, 0.2) is 24.3 Å². The van der Waals surface area contributed by atoms with Gasteiger partial charge in [0.1, 0.15) is 0 Å². The normalized spacial score (nSPS) is 21.6. The maximum absolute atomic E-state index is 11.4. The zero-order valence-corrected chi connectivity index (χ0v) is 7.71. The number of nitrogens with one attached hydrogen (secondary N) is 1. The molecule has 1 fully saturated rings. The Morgan fingerprint density at radius 2 is 2.15 bits per heavy atom. The van der Waals surface area contributed by atoms with Gasteiger partial charge >= 0.3 is 0 Å². The number of carbonyl (C=O) groups excluding carboxylic acids is 1. The van der Waals surface area contributed by atoms with Gasteiger partial charge in [0.05, 0.1) is 5.92 Å². The van der Waals surface area contributed by atoms with Crippen LogP contribution >= 0.6 is 0 Å². The molecule has 1 aliphatic heterocycles. The Bertz CT molecular complexity index is 333. The van der Waals surface area contributed by atoms with Crippen molar-refractivity contribution in [1.29, 1.82) is 0 Å². The summed E-state index contributed by atoms with van der Waals surface area (Å²) in [5.74, 6) is 0.260. The van der Waals surface area contributed by atoms with Gasteiger partial charge in [-0.1, -0.05) is 24.3 Å². The predicted octanol–water partition coefficient (Wildman–Crippen LogP) is 1.60. The highest BCUT2D eigenvalue weighted by atomic mass is 16.2. The molecule has 0 aromatic heterocycles. The third-order valence-corrected chi connectivity index (χ3v) is 2.61. The second kappa shape index (κ2) is 3.21. The van der Waals surface area contributed by atoms with E-state index in [1.165, 1.54) is 11.1 Å². The van der Waals surface area contributed by atoms with Crippen molar-refractivity contribution in [2.75, 3.05) is 6.54 Å². The van der Waals surface area contributed by atoms with Gasteiger partial charge in [0.2, 0.25) is 5.91 Å². The van der Waals surface area contributed by atoms with Crippen LogP contribution in [0.25, 0.3) is 0 Å². The molecule has 1 amide bonds. The van der Waals surface area contributed by atoms with Crippen LogP contribution in [0, 0.1) is 6.92 Å². The molecule has 0 spiro atoms. The fraction of sp³-hybridized carbons (Fsp3) is 0.364. The third-order valence-electron chi connectivity index (χ3n) is 2.61. The Morgan fingerprint density at radius 3 is 2.77 bits per heavy atom. The van der Waals surface area contributed by atoms with E-state index in [1.54, 1.807) is 0 Å². The molecule has 2 nitrogen and oxygen atoms in total. The minimum atomic E-state index is 0.0844. The second-order valence-corrected chi connectivity index (χ2v) is 3.49. The van der Waals surface area contributed by atoms with E-state index in [9.17, 15) is 4.79 Å². The fourth-order valence-corrected chi connectivity index (χ4v) is 1.87. The van der Waals surface area contributed by atoms with Gasteiger partial charge in [0, 0.05) is 6.54 Å². The number of aryl methyl sites for hydroxylation is 1. The molecule has 1 aromatic carbocycles. The van der Waals surface area contributed by atoms with E-state index in [4.69, 9.17) is 0 Å². The fourth-order valence-electron chi connectivity index (χ4n) is 1.87. The summed E-state index contributed by atoms with van der Waals surface area (Å²) in [5, 5.41) is 2.86. The van der Waals surface area contributed by atoms with E-state index in [1.807, 2.05) is 18.2 Å². The van der Waals surface area contributed by atoms with Crippen LogP contribution in [0.5, 0.6) is 0 Å². The molecule has 2 rings (SSSR count). The Labute approximate surface area is 78.0 Å². The summed E-state index contributed by atoms with van der Waals surface area (Å²) in [5.41, 5.74) is 2.39. The molecule has 1 heterocycles. The van der Waals surface area contributed by atoms with E-state index in [0.717, 1.165) is 13.0 Å². The molecule has 0 radical (unpaired) electrons. The minimum absolute atomic E-state index is 0.0844. The molecule has 0 bridgehead atoms. The van der Waals surface area contributed by atoms with Gasteiger partial charge in [0.15, 0.2) is 0 Å². The van der Waals surface area contributed by atoms with Crippen molar-refractivity contribution < 1.29 is 4.79 Å². The van der Waals surface area contributed by atoms with Crippen LogP contribution in [0.3, 0.4) is 0 Å². The molecule has 1 N–H and O–H groups in total. The van der Waals surface area contributed by atoms with E-state index < -0.39 is 0 Å². The van der Waals surface area contributed by atoms with Crippen molar-refractivity contribution >= 4 is 5.91 Å². The van der Waals surface area contributed by atoms with E-state index in [2.05, 4.69) is 18.3 Å². The predicted molar refractivity (Wildman–Crippen MR) is 51.5 cm³/mol. The van der Waals surface area contributed by atoms with Crippen LogP contribution in [-0.4, -0.2) is 12.5 Å². The standard InChI is InChI=1S/C11H13NO/c1-8-4-2-3-5-9(8)10-6-7-12-11(10)13/h2-5,10H,6-7H2,1H3,(H,12,13). The summed E-state index contributed by atoms with van der Waals surface area (Å²) in [6, 6.07) is 8.10. The SMILES string of the molecule is Cc1ccccc1C1CCNC1=O. The van der Waals surface area contributed by atoms with Gasteiger partial charge in [-0.15, -0.1) is 0 Å². The lowest BCUT2D eigenvalue weighted by molar-refractivity contribution is -0.120. The summed E-state index contributed by atoms with van der Waals surface area (Å²) in [7, 11) is 0. The summed E-state index contributed by atoms with van der Waals surface area (Å²) in [6.07, 6.45) is 0.934. The first kappa shape index (κ1) is 8.30. The van der Waals surface area contributed by atoms with Crippen LogP contribution in [0.4, 0.5) is 0 Å². The summed E-state index contributed by atoms with van der Waals surface area (Å²) < 4.78 is 0. The van der Waals surface area contributed by atoms with Crippen molar-refractivity contribution in [3.05, 3.63) is 35.4 Å². The van der Waals surface area contributed by atoms with Crippen LogP contribution in [0.1, 0.15) is 23.5 Å². The Balaban J connectivity index is 2.34. The molecule has 1 aromatic rings. The molecule has 68 valence electrons. The van der Waals surface area contributed by atoms with Gasteiger partial charge in [0.25, 0.3) is 0 Å². The molecule has 2 heteroatoms. The number of carbonyl (C=O) groups is 1. The van der Waals surface area contributed by atoms with Gasteiger partial charge < -0.3 is 5.32 Å². The average Bonchev–Trinajstić information content (AvgIpc) is 2.52. The Hall–Kier alpha value is -1.31. The molecule has 1 atom stereocenters. The molecule has 0 saturated carbocycles. The van der Waals surface area contributed by atoms with Crippen molar-refractivity contribution in [3.8, 4) is 0 Å². The van der Waals surface area contributed by atoms with Gasteiger partial charge in [-0.2, -0.15) is 0 Å². The lowest BCUT2D eigenvalue weighted by Gasteiger charge is -2.09. The van der Waals surface area contributed by atoms with E-state index >= 15 is 0 Å².